The molecule has 4 nitrogen and oxygen atoms in total. The van der Waals surface area contributed by atoms with E-state index in [1.165, 1.54) is 6.07 Å². The topological polar surface area (TPSA) is 69.9 Å². The van der Waals surface area contributed by atoms with Gasteiger partial charge in [-0.3, -0.25) is 4.79 Å². The number of oxime groups is 1. The van der Waals surface area contributed by atoms with Gasteiger partial charge in [-0.1, -0.05) is 42.5 Å². The normalized spacial score (nSPS) is 12.4. The molecule has 0 saturated heterocycles. The van der Waals surface area contributed by atoms with Crippen LogP contribution in [0, 0.1) is 5.82 Å². The lowest BCUT2D eigenvalue weighted by molar-refractivity contribution is -0.138. The van der Waals surface area contributed by atoms with Gasteiger partial charge in [0.25, 0.3) is 0 Å². The molecule has 0 fully saturated rings. The first-order valence-electron chi connectivity index (χ1n) is 6.37. The lowest BCUT2D eigenvalue weighted by Crippen LogP contribution is -2.12. The molecule has 2 rings (SSSR count). The van der Waals surface area contributed by atoms with Gasteiger partial charge in [-0.2, -0.15) is 0 Å². The highest BCUT2D eigenvalue weighted by Gasteiger charge is 2.20. The Balaban J connectivity index is 2.36. The number of nitrogens with zero attached hydrogens (tertiary/aromatic N) is 1. The van der Waals surface area contributed by atoms with Gasteiger partial charge in [0.2, 0.25) is 0 Å². The zero-order valence-corrected chi connectivity index (χ0v) is 11.1. The van der Waals surface area contributed by atoms with Crippen molar-refractivity contribution in [3.63, 3.8) is 0 Å². The van der Waals surface area contributed by atoms with E-state index >= 15 is 0 Å². The molecule has 0 bridgehead atoms. The molecule has 108 valence electrons. The predicted molar refractivity (Wildman–Crippen MR) is 77.1 cm³/mol. The Bertz CT molecular complexity index is 656. The van der Waals surface area contributed by atoms with E-state index in [1.807, 2.05) is 6.07 Å². The summed E-state index contributed by atoms with van der Waals surface area (Å²) in [6.45, 7) is 0. The minimum absolute atomic E-state index is 0.00401. The van der Waals surface area contributed by atoms with Crippen molar-refractivity contribution in [3.8, 4) is 11.1 Å². The number of rotatable bonds is 5. The summed E-state index contributed by atoms with van der Waals surface area (Å²) in [5.41, 5.74) is 1.48. The monoisotopic (exact) mass is 287 g/mol. The number of halogens is 1. The molecule has 0 saturated carbocycles. The molecule has 1 atom stereocenters. The summed E-state index contributed by atoms with van der Waals surface area (Å²) >= 11 is 0. The molecule has 0 spiro atoms. The fraction of sp³-hybridized carbons (Fsp3) is 0.125. The smallest absolute Gasteiger partial charge is 0.311 e. The lowest BCUT2D eigenvalue weighted by atomic mass is 9.93. The van der Waals surface area contributed by atoms with Gasteiger partial charge in [0.05, 0.1) is 5.92 Å². The van der Waals surface area contributed by atoms with E-state index in [0.29, 0.717) is 11.1 Å². The molecular weight excluding hydrogens is 273 g/mol. The average molecular weight is 287 g/mol. The van der Waals surface area contributed by atoms with Crippen molar-refractivity contribution in [2.75, 3.05) is 0 Å². The molecule has 0 aromatic heterocycles. The Labute approximate surface area is 121 Å². The number of benzene rings is 2. The molecule has 0 radical (unpaired) electrons. The van der Waals surface area contributed by atoms with Gasteiger partial charge in [0.15, 0.2) is 0 Å². The summed E-state index contributed by atoms with van der Waals surface area (Å²) in [7, 11) is 0. The molecule has 2 N–H and O–H groups in total. The third-order valence-corrected chi connectivity index (χ3v) is 3.20. The Morgan fingerprint density at radius 1 is 1.24 bits per heavy atom. The molecule has 0 aliphatic carbocycles. The van der Waals surface area contributed by atoms with Crippen LogP contribution >= 0.6 is 0 Å². The Kier molecular flexibility index (Phi) is 4.66. The second kappa shape index (κ2) is 6.65. The van der Waals surface area contributed by atoms with E-state index in [0.717, 1.165) is 11.8 Å². The van der Waals surface area contributed by atoms with Crippen LogP contribution in [-0.2, 0) is 4.79 Å². The second-order valence-corrected chi connectivity index (χ2v) is 4.53. The second-order valence-electron chi connectivity index (χ2n) is 4.53. The maximum absolute atomic E-state index is 14.2. The van der Waals surface area contributed by atoms with Crippen LogP contribution in [0.15, 0.2) is 53.7 Å². The van der Waals surface area contributed by atoms with E-state index in [2.05, 4.69) is 5.16 Å². The molecule has 21 heavy (non-hydrogen) atoms. The van der Waals surface area contributed by atoms with Crippen molar-refractivity contribution in [1.29, 1.82) is 0 Å². The van der Waals surface area contributed by atoms with Crippen LogP contribution in [0.25, 0.3) is 11.1 Å². The van der Waals surface area contributed by atoms with Crippen LogP contribution < -0.4 is 0 Å². The van der Waals surface area contributed by atoms with Crippen molar-refractivity contribution in [1.82, 2.24) is 0 Å². The van der Waals surface area contributed by atoms with Crippen molar-refractivity contribution in [2.24, 2.45) is 5.16 Å². The highest BCUT2D eigenvalue weighted by atomic mass is 19.1. The third kappa shape index (κ3) is 3.45. The first kappa shape index (κ1) is 14.7. The zero-order chi connectivity index (χ0) is 15.2. The van der Waals surface area contributed by atoms with Crippen LogP contribution in [0.3, 0.4) is 0 Å². The fourth-order valence-corrected chi connectivity index (χ4v) is 2.13. The van der Waals surface area contributed by atoms with Crippen LogP contribution in [0.2, 0.25) is 0 Å². The summed E-state index contributed by atoms with van der Waals surface area (Å²) in [4.78, 5) is 11.2. The van der Waals surface area contributed by atoms with Crippen LogP contribution in [0.4, 0.5) is 4.39 Å². The Morgan fingerprint density at radius 3 is 2.52 bits per heavy atom. The molecule has 1 unspecified atom stereocenters. The first-order valence-corrected chi connectivity index (χ1v) is 6.37. The van der Waals surface area contributed by atoms with Gasteiger partial charge < -0.3 is 10.3 Å². The van der Waals surface area contributed by atoms with E-state index in [1.54, 1.807) is 36.4 Å². The first-order chi connectivity index (χ1) is 10.1. The molecule has 2 aromatic rings. The third-order valence-electron chi connectivity index (χ3n) is 3.20. The molecule has 0 aliphatic heterocycles. The Morgan fingerprint density at radius 2 is 1.95 bits per heavy atom. The number of carboxylic acids is 1. The number of carboxylic acid groups (broad SMARTS) is 1. The molecule has 0 heterocycles. The minimum atomic E-state index is -1.10. The summed E-state index contributed by atoms with van der Waals surface area (Å²) in [6.07, 6.45) is 1.08. The number of hydrogen-bond acceptors (Lipinski definition) is 3. The Hall–Kier alpha value is -2.69. The number of aliphatic carboxylic acids is 1. The predicted octanol–water partition coefficient (Wildman–Crippen LogP) is 3.51. The van der Waals surface area contributed by atoms with Crippen LogP contribution in [0.1, 0.15) is 17.9 Å². The quantitative estimate of drug-likeness (QED) is 0.502. The lowest BCUT2D eigenvalue weighted by Gasteiger charge is -2.12. The van der Waals surface area contributed by atoms with Gasteiger partial charge in [0.1, 0.15) is 5.82 Å². The maximum Gasteiger partial charge on any atom is 0.311 e. The van der Waals surface area contributed by atoms with Gasteiger partial charge >= 0.3 is 5.97 Å². The standard InChI is InChI=1S/C16H14FNO3/c17-15-10-12(14(16(19)20)8-9-18-21)6-7-13(15)11-4-2-1-3-5-11/h1-7,9-10,14,21H,8H2,(H,19,20). The van der Waals surface area contributed by atoms with Crippen LogP contribution in [0.5, 0.6) is 0 Å². The van der Waals surface area contributed by atoms with E-state index in [4.69, 9.17) is 10.3 Å². The van der Waals surface area contributed by atoms with Crippen molar-refractivity contribution in [3.05, 3.63) is 59.9 Å². The fourth-order valence-electron chi connectivity index (χ4n) is 2.13. The minimum Gasteiger partial charge on any atom is -0.481 e. The molecule has 0 aliphatic rings. The van der Waals surface area contributed by atoms with E-state index in [9.17, 15) is 9.18 Å². The van der Waals surface area contributed by atoms with E-state index < -0.39 is 17.7 Å². The molecular formula is C16H14FNO3. The number of carbonyl (C=O) groups is 1. The maximum atomic E-state index is 14.2. The molecule has 5 heteroatoms. The van der Waals surface area contributed by atoms with Gasteiger partial charge in [-0.05, 0) is 17.2 Å². The SMILES string of the molecule is O=C(O)C(CC=NO)c1ccc(-c2ccccc2)c(F)c1. The van der Waals surface area contributed by atoms with Crippen molar-refractivity contribution in [2.45, 2.75) is 12.3 Å². The highest BCUT2D eigenvalue weighted by Crippen LogP contribution is 2.27. The summed E-state index contributed by atoms with van der Waals surface area (Å²) in [5.74, 6) is -2.52. The van der Waals surface area contributed by atoms with Crippen LogP contribution in [-0.4, -0.2) is 22.5 Å². The molecule has 2 aromatic carbocycles. The zero-order valence-electron chi connectivity index (χ0n) is 11.1. The molecule has 0 amide bonds. The van der Waals surface area contributed by atoms with Crippen molar-refractivity contribution < 1.29 is 19.5 Å². The van der Waals surface area contributed by atoms with Gasteiger partial charge in [0, 0.05) is 18.2 Å². The summed E-state index contributed by atoms with van der Waals surface area (Å²) < 4.78 is 14.2. The van der Waals surface area contributed by atoms with Gasteiger partial charge in [-0.15, -0.1) is 5.16 Å². The average Bonchev–Trinajstić information content (AvgIpc) is 2.48. The summed E-state index contributed by atoms with van der Waals surface area (Å²) in [5, 5.41) is 20.3. The van der Waals surface area contributed by atoms with Gasteiger partial charge in [-0.25, -0.2) is 4.39 Å². The largest absolute Gasteiger partial charge is 0.481 e. The van der Waals surface area contributed by atoms with Crippen molar-refractivity contribution >= 4 is 12.2 Å². The summed E-state index contributed by atoms with van der Waals surface area (Å²) in [6, 6.07) is 13.4. The van der Waals surface area contributed by atoms with E-state index in [-0.39, 0.29) is 6.42 Å². The number of hydrogen-bond donors (Lipinski definition) is 2. The highest BCUT2D eigenvalue weighted by molar-refractivity contribution is 5.80.